The van der Waals surface area contributed by atoms with Gasteiger partial charge in [-0.2, -0.15) is 0 Å². The van der Waals surface area contributed by atoms with Crippen LogP contribution in [0.1, 0.15) is 22.6 Å². The van der Waals surface area contributed by atoms with Gasteiger partial charge in [0, 0.05) is 24.3 Å². The Bertz CT molecular complexity index is 582. The summed E-state index contributed by atoms with van der Waals surface area (Å²) in [7, 11) is 0. The summed E-state index contributed by atoms with van der Waals surface area (Å²) in [5.41, 5.74) is 6.28. The highest BCUT2D eigenvalue weighted by Crippen LogP contribution is 2.14. The van der Waals surface area contributed by atoms with Crippen LogP contribution in [0.5, 0.6) is 0 Å². The average Bonchev–Trinajstić information content (AvgIpc) is 2.89. The van der Waals surface area contributed by atoms with Gasteiger partial charge in [0.25, 0.3) is 5.91 Å². The van der Waals surface area contributed by atoms with Crippen molar-refractivity contribution < 1.29 is 4.79 Å². The Balaban J connectivity index is 1.73. The molecule has 2 rings (SSSR count). The fourth-order valence-electron chi connectivity index (χ4n) is 1.89. The van der Waals surface area contributed by atoms with Gasteiger partial charge in [-0.3, -0.25) is 4.79 Å². The van der Waals surface area contributed by atoms with Gasteiger partial charge in [0.15, 0.2) is 5.82 Å². The molecule has 0 atom stereocenters. The van der Waals surface area contributed by atoms with Crippen LogP contribution in [0.4, 0.5) is 0 Å². The summed E-state index contributed by atoms with van der Waals surface area (Å²) in [6.45, 7) is 2.20. The van der Waals surface area contributed by atoms with Crippen LogP contribution in [0.2, 0.25) is 5.02 Å². The molecule has 0 aliphatic carbocycles. The summed E-state index contributed by atoms with van der Waals surface area (Å²) in [4.78, 5) is 14.9. The number of imidazole rings is 1. The standard InChI is InChI=1S/C14H16ClN4O/c15-12-5-2-1-4-11(12)10-17-6-3-8-19-9-7-18-14(19)13(16)20/h1-2,4-5,9,17H,3,6,8,10H2,(H2,16,20). The van der Waals surface area contributed by atoms with Gasteiger partial charge in [-0.15, -0.1) is 0 Å². The van der Waals surface area contributed by atoms with E-state index in [0.717, 1.165) is 30.1 Å². The molecular weight excluding hydrogens is 276 g/mol. The van der Waals surface area contributed by atoms with E-state index in [1.165, 1.54) is 0 Å². The zero-order chi connectivity index (χ0) is 14.4. The number of hydrogen-bond acceptors (Lipinski definition) is 3. The third-order valence-corrected chi connectivity index (χ3v) is 3.27. The molecule has 1 radical (unpaired) electrons. The van der Waals surface area contributed by atoms with E-state index in [2.05, 4.69) is 16.5 Å². The van der Waals surface area contributed by atoms with Gasteiger partial charge in [-0.1, -0.05) is 29.8 Å². The number of rotatable bonds is 7. The molecule has 0 aliphatic heterocycles. The predicted molar refractivity (Wildman–Crippen MR) is 77.4 cm³/mol. The number of amides is 1. The van der Waals surface area contributed by atoms with Crippen molar-refractivity contribution in [2.24, 2.45) is 5.73 Å². The van der Waals surface area contributed by atoms with Gasteiger partial charge in [0.1, 0.15) is 6.20 Å². The minimum atomic E-state index is -0.532. The lowest BCUT2D eigenvalue weighted by atomic mass is 10.2. The first-order valence-electron chi connectivity index (χ1n) is 6.35. The zero-order valence-electron chi connectivity index (χ0n) is 11.0. The van der Waals surface area contributed by atoms with Crippen LogP contribution < -0.4 is 11.1 Å². The van der Waals surface area contributed by atoms with Crippen molar-refractivity contribution in [2.75, 3.05) is 6.54 Å². The number of nitrogens with two attached hydrogens (primary N) is 1. The molecule has 0 fully saturated rings. The quantitative estimate of drug-likeness (QED) is 0.761. The van der Waals surface area contributed by atoms with Crippen molar-refractivity contribution >= 4 is 17.5 Å². The minimum Gasteiger partial charge on any atom is -0.363 e. The topological polar surface area (TPSA) is 72.9 Å². The molecule has 1 aromatic carbocycles. The number of carbonyl (C=O) groups excluding carboxylic acids is 1. The molecule has 1 amide bonds. The highest BCUT2D eigenvalue weighted by atomic mass is 35.5. The van der Waals surface area contributed by atoms with E-state index in [0.29, 0.717) is 6.54 Å². The SMILES string of the molecule is NC(=O)c1n[c]cn1CCCNCc1ccccc1Cl. The summed E-state index contributed by atoms with van der Waals surface area (Å²) in [6.07, 6.45) is 5.12. The summed E-state index contributed by atoms with van der Waals surface area (Å²) in [6, 6.07) is 7.74. The maximum absolute atomic E-state index is 11.1. The Morgan fingerprint density at radius 1 is 1.45 bits per heavy atom. The number of carbonyl (C=O) groups is 1. The van der Waals surface area contributed by atoms with E-state index < -0.39 is 5.91 Å². The van der Waals surface area contributed by atoms with E-state index in [1.54, 1.807) is 10.8 Å². The van der Waals surface area contributed by atoms with Crippen molar-refractivity contribution in [1.82, 2.24) is 14.9 Å². The summed E-state index contributed by atoms with van der Waals surface area (Å²) < 4.78 is 1.71. The van der Waals surface area contributed by atoms with Gasteiger partial charge in [0.2, 0.25) is 0 Å². The van der Waals surface area contributed by atoms with Gasteiger partial charge < -0.3 is 15.6 Å². The van der Waals surface area contributed by atoms with Crippen molar-refractivity contribution in [3.05, 3.63) is 53.1 Å². The molecule has 1 aromatic heterocycles. The number of hydrogen-bond donors (Lipinski definition) is 2. The lowest BCUT2D eigenvalue weighted by Crippen LogP contribution is -2.20. The van der Waals surface area contributed by atoms with Crippen LogP contribution in [-0.2, 0) is 13.1 Å². The van der Waals surface area contributed by atoms with Crippen LogP contribution in [-0.4, -0.2) is 22.0 Å². The Hall–Kier alpha value is -1.85. The van der Waals surface area contributed by atoms with E-state index in [1.807, 2.05) is 24.3 Å². The molecule has 0 saturated carbocycles. The first-order chi connectivity index (χ1) is 9.68. The number of nitrogens with one attached hydrogen (secondary N) is 1. The summed E-state index contributed by atoms with van der Waals surface area (Å²) in [5.74, 6) is -0.286. The van der Waals surface area contributed by atoms with Crippen LogP contribution >= 0.6 is 11.6 Å². The average molecular weight is 292 g/mol. The second-order valence-corrected chi connectivity index (χ2v) is 4.78. The predicted octanol–water partition coefficient (Wildman–Crippen LogP) is 1.62. The molecule has 2 aromatic rings. The summed E-state index contributed by atoms with van der Waals surface area (Å²) >= 11 is 6.07. The highest BCUT2D eigenvalue weighted by Gasteiger charge is 2.07. The summed E-state index contributed by atoms with van der Waals surface area (Å²) in [5, 5.41) is 4.07. The normalized spacial score (nSPS) is 10.7. The molecule has 6 heteroatoms. The number of halogens is 1. The largest absolute Gasteiger partial charge is 0.363 e. The maximum atomic E-state index is 11.1. The van der Waals surface area contributed by atoms with Crippen molar-refractivity contribution in [1.29, 1.82) is 0 Å². The maximum Gasteiger partial charge on any atom is 0.284 e. The molecule has 0 spiro atoms. The molecule has 0 saturated heterocycles. The smallest absolute Gasteiger partial charge is 0.284 e. The molecule has 105 valence electrons. The lowest BCUT2D eigenvalue weighted by molar-refractivity contribution is 0.0986. The Kier molecular flexibility index (Phi) is 5.15. The molecule has 1 heterocycles. The number of nitrogens with zero attached hydrogens (tertiary/aromatic N) is 2. The van der Waals surface area contributed by atoms with E-state index >= 15 is 0 Å². The molecule has 0 bridgehead atoms. The van der Waals surface area contributed by atoms with Gasteiger partial charge in [-0.25, -0.2) is 4.98 Å². The Labute approximate surface area is 122 Å². The molecule has 20 heavy (non-hydrogen) atoms. The van der Waals surface area contributed by atoms with Crippen LogP contribution in [0.15, 0.2) is 30.5 Å². The van der Waals surface area contributed by atoms with Gasteiger partial charge in [-0.05, 0) is 24.6 Å². The second kappa shape index (κ2) is 7.07. The van der Waals surface area contributed by atoms with Crippen LogP contribution in [0.25, 0.3) is 0 Å². The van der Waals surface area contributed by atoms with Crippen LogP contribution in [0.3, 0.4) is 0 Å². The fraction of sp³-hybridized carbons (Fsp3) is 0.286. The first kappa shape index (κ1) is 14.6. The van der Waals surface area contributed by atoms with Gasteiger partial charge in [0.05, 0.1) is 0 Å². The second-order valence-electron chi connectivity index (χ2n) is 4.37. The van der Waals surface area contributed by atoms with Gasteiger partial charge >= 0.3 is 0 Å². The molecule has 3 N–H and O–H groups in total. The van der Waals surface area contributed by atoms with Crippen LogP contribution in [0, 0.1) is 6.20 Å². The zero-order valence-corrected chi connectivity index (χ0v) is 11.7. The molecular formula is C14H16ClN4O. The molecule has 5 nitrogen and oxygen atoms in total. The number of primary amides is 1. The van der Waals surface area contributed by atoms with E-state index in [9.17, 15) is 4.79 Å². The lowest BCUT2D eigenvalue weighted by Gasteiger charge is -2.08. The minimum absolute atomic E-state index is 0.246. The Morgan fingerprint density at radius 2 is 2.25 bits per heavy atom. The highest BCUT2D eigenvalue weighted by molar-refractivity contribution is 6.31. The van der Waals surface area contributed by atoms with E-state index in [4.69, 9.17) is 17.3 Å². The third-order valence-electron chi connectivity index (χ3n) is 2.90. The monoisotopic (exact) mass is 291 g/mol. The Morgan fingerprint density at radius 3 is 3.00 bits per heavy atom. The first-order valence-corrected chi connectivity index (χ1v) is 6.73. The number of benzene rings is 1. The fourth-order valence-corrected chi connectivity index (χ4v) is 2.09. The molecule has 0 unspecified atom stereocenters. The van der Waals surface area contributed by atoms with Crippen molar-refractivity contribution in [3.8, 4) is 0 Å². The van der Waals surface area contributed by atoms with Crippen molar-refractivity contribution in [2.45, 2.75) is 19.5 Å². The number of aryl methyl sites for hydroxylation is 1. The van der Waals surface area contributed by atoms with Crippen molar-refractivity contribution in [3.63, 3.8) is 0 Å². The third kappa shape index (κ3) is 3.82. The molecule has 0 aliphatic rings. The number of aromatic nitrogens is 2. The van der Waals surface area contributed by atoms with E-state index in [-0.39, 0.29) is 5.82 Å².